The van der Waals surface area contributed by atoms with E-state index in [0.717, 1.165) is 60.9 Å². The van der Waals surface area contributed by atoms with E-state index in [1.807, 2.05) is 18.2 Å². The maximum Gasteiger partial charge on any atom is 0.184 e. The van der Waals surface area contributed by atoms with E-state index >= 15 is 0 Å². The summed E-state index contributed by atoms with van der Waals surface area (Å²) in [7, 11) is 0. The molecule has 0 unspecified atom stereocenters. The number of benzene rings is 6. The molecule has 0 amide bonds. The van der Waals surface area contributed by atoms with Crippen molar-refractivity contribution in [2.75, 3.05) is 0 Å². The fourth-order valence-electron chi connectivity index (χ4n) is 8.02. The van der Waals surface area contributed by atoms with Crippen molar-refractivity contribution in [2.24, 2.45) is 0 Å². The molecule has 2 aromatic heterocycles. The van der Waals surface area contributed by atoms with Crippen LogP contribution in [-0.2, 0) is 10.8 Å². The van der Waals surface area contributed by atoms with E-state index in [2.05, 4.69) is 165 Å². The van der Waals surface area contributed by atoms with Crippen molar-refractivity contribution < 1.29 is 0 Å². The van der Waals surface area contributed by atoms with E-state index in [0.29, 0.717) is 16.9 Å². The zero-order chi connectivity index (χ0) is 36.7. The molecule has 0 aliphatic carbocycles. The van der Waals surface area contributed by atoms with Gasteiger partial charge in [-0.15, -0.1) is 0 Å². The van der Waals surface area contributed by atoms with Crippen molar-refractivity contribution in [3.63, 3.8) is 0 Å². The topological polar surface area (TPSA) is 18.6 Å². The maximum atomic E-state index is 8.27. The van der Waals surface area contributed by atoms with Crippen molar-refractivity contribution >= 4 is 55.0 Å². The smallest absolute Gasteiger partial charge is 0.184 e. The van der Waals surface area contributed by atoms with Gasteiger partial charge in [0.05, 0.1) is 40.9 Å². The summed E-state index contributed by atoms with van der Waals surface area (Å²) >= 11 is 0. The lowest BCUT2D eigenvalue weighted by molar-refractivity contribution is 0.590. The summed E-state index contributed by atoms with van der Waals surface area (Å²) in [6.45, 7) is 34.5. The molecule has 254 valence electrons. The van der Waals surface area contributed by atoms with Crippen LogP contribution >= 0.6 is 0 Å². The minimum Gasteiger partial charge on any atom is -0.309 e. The molecule has 0 atom stereocenters. The first kappa shape index (κ1) is 33.1. The quantitative estimate of drug-likeness (QED) is 0.166. The number of aromatic nitrogens is 2. The molecule has 6 aromatic carbocycles. The Bertz CT molecular complexity index is 2730. The molecule has 0 bridgehead atoms. The van der Waals surface area contributed by atoms with Gasteiger partial charge in [-0.05, 0) is 101 Å². The Balaban J connectivity index is 1.60. The first-order valence-corrected chi connectivity index (χ1v) is 17.9. The van der Waals surface area contributed by atoms with Crippen molar-refractivity contribution in [2.45, 2.75) is 66.2 Å². The Morgan fingerprint density at radius 1 is 0.500 bits per heavy atom. The number of hydrogen-bond donors (Lipinski definition) is 0. The van der Waals surface area contributed by atoms with E-state index in [1.54, 1.807) is 0 Å². The third-order valence-electron chi connectivity index (χ3n) is 10.7. The Kier molecular flexibility index (Phi) is 7.46. The van der Waals surface area contributed by atoms with Crippen molar-refractivity contribution in [1.29, 1.82) is 0 Å². The van der Waals surface area contributed by atoms with Crippen LogP contribution in [0.1, 0.15) is 63.8 Å². The Labute approximate surface area is 306 Å². The van der Waals surface area contributed by atoms with Gasteiger partial charge in [-0.3, -0.25) is 0 Å². The second-order valence-electron chi connectivity index (χ2n) is 16.2. The lowest BCUT2D eigenvalue weighted by Crippen LogP contribution is -2.10. The van der Waals surface area contributed by atoms with E-state index in [4.69, 9.17) is 13.1 Å². The molecule has 52 heavy (non-hydrogen) atoms. The first-order valence-electron chi connectivity index (χ1n) is 17.9. The average molecular weight is 675 g/mol. The van der Waals surface area contributed by atoms with E-state index < -0.39 is 0 Å². The summed E-state index contributed by atoms with van der Waals surface area (Å²) in [5, 5.41) is 4.64. The summed E-state index contributed by atoms with van der Waals surface area (Å²) < 4.78 is 4.75. The Morgan fingerprint density at radius 3 is 1.56 bits per heavy atom. The van der Waals surface area contributed by atoms with E-state index in [9.17, 15) is 0 Å². The maximum absolute atomic E-state index is 8.27. The van der Waals surface area contributed by atoms with Gasteiger partial charge in [0.1, 0.15) is 0 Å². The van der Waals surface area contributed by atoms with Crippen molar-refractivity contribution in [3.05, 3.63) is 154 Å². The molecule has 0 fully saturated rings. The molecular weight excluding hydrogens is 633 g/mol. The van der Waals surface area contributed by atoms with Crippen LogP contribution in [0.2, 0.25) is 0 Å². The monoisotopic (exact) mass is 674 g/mol. The standard InChI is InChI=1S/C48H42N4/c1-29-15-13-16-30(2)45(29)52-41-20-12-11-17-34(41)37-27-33(28-38(46(37)52)44-39(49-9)18-14-19-40(44)50-10)51-42-23-21-31(47(3,4)5)25-35(42)36-26-32(48(6,7)8)22-24-43(36)51/h11-28H,1-8H3. The van der Waals surface area contributed by atoms with Crippen LogP contribution in [0.25, 0.3) is 75.8 Å². The Morgan fingerprint density at radius 2 is 1.02 bits per heavy atom. The largest absolute Gasteiger partial charge is 0.309 e. The van der Waals surface area contributed by atoms with E-state index in [1.165, 1.54) is 21.9 Å². The minimum atomic E-state index is -0.00844. The molecule has 4 heteroatoms. The third-order valence-corrected chi connectivity index (χ3v) is 10.7. The summed E-state index contributed by atoms with van der Waals surface area (Å²) in [4.78, 5) is 8.00. The zero-order valence-corrected chi connectivity index (χ0v) is 31.2. The number of aryl methyl sites for hydroxylation is 2. The number of rotatable bonds is 3. The molecule has 2 heterocycles. The number of para-hydroxylation sites is 2. The van der Waals surface area contributed by atoms with Crippen LogP contribution in [0, 0.1) is 27.0 Å². The number of nitrogens with zero attached hydrogens (tertiary/aromatic N) is 4. The van der Waals surface area contributed by atoms with Gasteiger partial charge in [0.2, 0.25) is 0 Å². The highest BCUT2D eigenvalue weighted by atomic mass is 15.0. The minimum absolute atomic E-state index is 0.00844. The van der Waals surface area contributed by atoms with Crippen molar-refractivity contribution in [3.8, 4) is 22.5 Å². The fraction of sp³-hybridized carbons (Fsp3) is 0.208. The molecular formula is C48H42N4. The van der Waals surface area contributed by atoms with Gasteiger partial charge in [-0.1, -0.05) is 108 Å². The SMILES string of the molecule is [C-]#[N+]c1cccc([N+]#[C-])c1-c1cc(-n2c3ccc(C(C)(C)C)cc3c3cc(C(C)(C)C)ccc32)cc2c3ccccc3n(-c3c(C)cccc3C)c12. The summed E-state index contributed by atoms with van der Waals surface area (Å²) in [5.41, 5.74) is 13.8. The van der Waals surface area contributed by atoms with Gasteiger partial charge in [-0.2, -0.15) is 0 Å². The lowest BCUT2D eigenvalue weighted by Gasteiger charge is -2.20. The molecule has 8 aromatic rings. The van der Waals surface area contributed by atoms with Crippen LogP contribution < -0.4 is 0 Å². The molecule has 8 rings (SSSR count). The van der Waals surface area contributed by atoms with Crippen LogP contribution in [-0.4, -0.2) is 9.13 Å². The number of fused-ring (bicyclic) bond motifs is 6. The van der Waals surface area contributed by atoms with Crippen LogP contribution in [0.4, 0.5) is 11.4 Å². The predicted molar refractivity (Wildman–Crippen MR) is 220 cm³/mol. The summed E-state index contributed by atoms with van der Waals surface area (Å²) in [6, 6.07) is 38.8. The van der Waals surface area contributed by atoms with Crippen LogP contribution in [0.15, 0.2) is 109 Å². The average Bonchev–Trinajstić information content (AvgIpc) is 3.62. The van der Waals surface area contributed by atoms with Crippen LogP contribution in [0.5, 0.6) is 0 Å². The molecule has 0 saturated carbocycles. The molecule has 0 radical (unpaired) electrons. The molecule has 0 aliphatic rings. The highest BCUT2D eigenvalue weighted by Crippen LogP contribution is 2.48. The van der Waals surface area contributed by atoms with E-state index in [-0.39, 0.29) is 10.8 Å². The lowest BCUT2D eigenvalue weighted by atomic mass is 9.85. The van der Waals surface area contributed by atoms with Gasteiger partial charge in [0, 0.05) is 27.2 Å². The summed E-state index contributed by atoms with van der Waals surface area (Å²) in [5.74, 6) is 0. The second-order valence-corrected chi connectivity index (χ2v) is 16.2. The molecule has 0 N–H and O–H groups in total. The fourth-order valence-corrected chi connectivity index (χ4v) is 8.02. The summed E-state index contributed by atoms with van der Waals surface area (Å²) in [6.07, 6.45) is 0. The Hall–Kier alpha value is -6.10. The third kappa shape index (κ3) is 5.02. The highest BCUT2D eigenvalue weighted by Gasteiger charge is 2.25. The first-order chi connectivity index (χ1) is 24.8. The van der Waals surface area contributed by atoms with Gasteiger partial charge in [0.15, 0.2) is 11.4 Å². The molecule has 0 aliphatic heterocycles. The van der Waals surface area contributed by atoms with Crippen molar-refractivity contribution in [1.82, 2.24) is 9.13 Å². The zero-order valence-electron chi connectivity index (χ0n) is 31.2. The predicted octanol–water partition coefficient (Wildman–Crippen LogP) is 13.9. The van der Waals surface area contributed by atoms with Crippen LogP contribution in [0.3, 0.4) is 0 Å². The second kappa shape index (κ2) is 11.7. The normalized spacial score (nSPS) is 12.2. The highest BCUT2D eigenvalue weighted by molar-refractivity contribution is 6.17. The molecule has 0 saturated heterocycles. The van der Waals surface area contributed by atoms with Gasteiger partial charge >= 0.3 is 0 Å². The van der Waals surface area contributed by atoms with Gasteiger partial charge in [-0.25, -0.2) is 9.69 Å². The molecule has 4 nitrogen and oxygen atoms in total. The molecule has 0 spiro atoms. The van der Waals surface area contributed by atoms with Gasteiger partial charge < -0.3 is 9.13 Å². The van der Waals surface area contributed by atoms with Gasteiger partial charge in [0.25, 0.3) is 0 Å². The number of hydrogen-bond acceptors (Lipinski definition) is 0.